The van der Waals surface area contributed by atoms with Gasteiger partial charge >= 0.3 is 23.9 Å². The number of likely N-dealkylation sites (tertiary alicyclic amines) is 1. The van der Waals surface area contributed by atoms with E-state index >= 15 is 9.59 Å². The molecule has 1 spiro atoms. The van der Waals surface area contributed by atoms with E-state index in [4.69, 9.17) is 18.9 Å². The van der Waals surface area contributed by atoms with E-state index in [9.17, 15) is 29.4 Å². The highest BCUT2D eigenvalue weighted by Gasteiger charge is 2.80. The molecule has 78 heavy (non-hydrogen) atoms. The lowest BCUT2D eigenvalue weighted by molar-refractivity contribution is -0.921. The smallest absolute Gasteiger partial charge is 0.344 e. The SMILES string of the molecule is CCC1=C[C@H]2C[C@](C(=O)OC)(c3cc4c(cc3OC)N(C)[C@H]3[C@@](O)(C(=O)OC)[C@H](OC(C)=O)[C@]5(CC)C=CCN6CC[C@]43[C@@H]65)c3[nH]c4ccccc4c3CC[N+](CC(=O)N3CCC[C@H]3C(=O)N[C@H](C(=O)O)[C@@H](C)CC)(C1)C2.[Br-]. The number of benzene rings is 2. The van der Waals surface area contributed by atoms with Crippen molar-refractivity contribution in [2.24, 2.45) is 17.3 Å². The van der Waals surface area contributed by atoms with Crippen molar-refractivity contribution in [2.75, 3.05) is 79.1 Å². The van der Waals surface area contributed by atoms with Crippen LogP contribution < -0.4 is 31.9 Å². The summed E-state index contributed by atoms with van der Waals surface area (Å²) in [7, 11) is 6.06. The second-order valence-electron chi connectivity index (χ2n) is 23.3. The molecule has 7 heterocycles. The van der Waals surface area contributed by atoms with Crippen molar-refractivity contribution in [3.63, 3.8) is 0 Å². The number of aromatic nitrogens is 1. The number of nitrogens with zero attached hydrogens (tertiary/aromatic N) is 4. The summed E-state index contributed by atoms with van der Waals surface area (Å²) in [6.07, 6.45) is 8.90. The number of quaternary nitrogens is 1. The van der Waals surface area contributed by atoms with E-state index in [1.54, 1.807) is 18.9 Å². The van der Waals surface area contributed by atoms with Gasteiger partial charge in [-0.3, -0.25) is 24.1 Å². The Morgan fingerprint density at radius 3 is 2.40 bits per heavy atom. The van der Waals surface area contributed by atoms with Crippen molar-refractivity contribution >= 4 is 52.3 Å². The molecule has 0 radical (unpaired) electrons. The molecule has 2 amide bonds. The largest absolute Gasteiger partial charge is 1.00 e. The van der Waals surface area contributed by atoms with E-state index in [1.165, 1.54) is 21.1 Å². The third-order valence-electron chi connectivity index (χ3n) is 19.6. The molecule has 6 aliphatic heterocycles. The fourth-order valence-electron chi connectivity index (χ4n) is 16.3. The highest BCUT2D eigenvalue weighted by atomic mass is 79.9. The molecule has 3 fully saturated rings. The van der Waals surface area contributed by atoms with Gasteiger partial charge in [-0.1, -0.05) is 70.5 Å². The number of aliphatic carboxylic acids is 1. The Morgan fingerprint density at radius 2 is 1.73 bits per heavy atom. The van der Waals surface area contributed by atoms with Gasteiger partial charge in [-0.2, -0.15) is 0 Å². The quantitative estimate of drug-likeness (QED) is 0.0786. The van der Waals surface area contributed by atoms with Crippen molar-refractivity contribution in [1.82, 2.24) is 20.1 Å². The van der Waals surface area contributed by atoms with Crippen LogP contribution in [0.4, 0.5) is 5.69 Å². The van der Waals surface area contributed by atoms with Crippen LogP contribution in [0.25, 0.3) is 10.9 Å². The fourth-order valence-corrected chi connectivity index (χ4v) is 16.3. The molecule has 2 bridgehead atoms. The lowest BCUT2D eigenvalue weighted by atomic mass is 9.47. The number of para-hydroxylation sites is 1. The first-order valence-corrected chi connectivity index (χ1v) is 27.7. The number of hydrogen-bond donors (Lipinski definition) is 4. The predicted molar refractivity (Wildman–Crippen MR) is 286 cm³/mol. The fraction of sp³-hybridized carbons (Fsp3) is 0.593. The molecule has 1 aliphatic carbocycles. The highest BCUT2D eigenvalue weighted by Crippen LogP contribution is 2.68. The molecule has 4 N–H and O–H groups in total. The maximum Gasteiger partial charge on any atom is 0.344 e. The molecular weight excluding hydrogens is 1060 g/mol. The third kappa shape index (κ3) is 8.32. The number of H-pyrrole nitrogens is 1. The average molecular weight is 1140 g/mol. The molecule has 422 valence electrons. The number of carboxylic acid groups (broad SMARTS) is 1. The monoisotopic (exact) mass is 1140 g/mol. The highest BCUT2D eigenvalue weighted by molar-refractivity contribution is 5.95. The number of nitrogens with one attached hydrogen (secondary N) is 2. The number of likely N-dealkylation sites (N-methyl/N-ethyl adjacent to an activating group) is 1. The van der Waals surface area contributed by atoms with Crippen LogP contribution in [0.2, 0.25) is 0 Å². The number of anilines is 1. The Labute approximate surface area is 467 Å². The molecule has 1 unspecified atom stereocenters. The van der Waals surface area contributed by atoms with E-state index in [0.29, 0.717) is 111 Å². The minimum absolute atomic E-state index is 0. The van der Waals surface area contributed by atoms with Gasteiger partial charge in [0.15, 0.2) is 12.6 Å². The number of halogens is 1. The third-order valence-corrected chi connectivity index (χ3v) is 19.6. The standard InChI is InChI=1S/C59H76N6O12.BrH/c1-10-34(4)47(50(69)70)61-49(68)43-19-15-24-64(43)46(67)33-65-26-20-39-38-17-13-14-18-42(38)60-48(39)58(54(71)75-8,30-37(32-65)27-36(11-2)31-65)41-28-40-44(29-45(41)74-7)62(6)52-57(40)22-25-63-23-16-21-56(12-3,51(57)63)53(77-35(5)66)59(52,73)55(72)76-9;/h13-14,16-18,21,27-29,34,37,43,47,51-53,60,73H,10-12,15,19-20,22-26,30-33H2,1-9H3,(H-,61,68,69,70);1H/t34-,37-,43-,47-,51-,52+,53+,56+,57+,58-,59-,65?;/m0./s1. The summed E-state index contributed by atoms with van der Waals surface area (Å²) in [6.45, 7) is 12.4. The zero-order valence-electron chi connectivity index (χ0n) is 46.5. The topological polar surface area (TPSA) is 217 Å². The van der Waals surface area contributed by atoms with Crippen molar-refractivity contribution in [3.05, 3.63) is 82.6 Å². The number of hydrogen-bond acceptors (Lipinski definition) is 13. The number of fused-ring (bicyclic) bond motifs is 6. The van der Waals surface area contributed by atoms with Gasteiger partial charge in [0.05, 0.1) is 40.5 Å². The number of rotatable bonds is 14. The van der Waals surface area contributed by atoms with Crippen LogP contribution in [0.15, 0.2) is 60.2 Å². The van der Waals surface area contributed by atoms with Gasteiger partial charge in [-0.05, 0) is 79.8 Å². The van der Waals surface area contributed by atoms with E-state index in [2.05, 4.69) is 40.3 Å². The van der Waals surface area contributed by atoms with E-state index in [1.807, 2.05) is 62.2 Å². The molecule has 1 aromatic heterocycles. The Hall–Kier alpha value is -5.76. The number of aromatic amines is 1. The summed E-state index contributed by atoms with van der Waals surface area (Å²) in [6, 6.07) is 8.72. The summed E-state index contributed by atoms with van der Waals surface area (Å²) < 4.78 is 24.7. The first-order chi connectivity index (χ1) is 36.8. The second-order valence-corrected chi connectivity index (χ2v) is 23.3. The summed E-state index contributed by atoms with van der Waals surface area (Å²) in [5.41, 5.74) is -0.430. The zero-order chi connectivity index (χ0) is 55.1. The molecule has 2 aromatic carbocycles. The van der Waals surface area contributed by atoms with E-state index < -0.39 is 75.9 Å². The van der Waals surface area contributed by atoms with E-state index in [-0.39, 0.29) is 53.7 Å². The van der Waals surface area contributed by atoms with Gasteiger partial charge in [0.25, 0.3) is 5.91 Å². The van der Waals surface area contributed by atoms with Gasteiger partial charge in [-0.15, -0.1) is 0 Å². The first kappa shape index (κ1) is 56.9. The molecule has 19 heteroatoms. The van der Waals surface area contributed by atoms with Crippen LogP contribution >= 0.6 is 0 Å². The molecule has 2 saturated heterocycles. The lowest BCUT2D eigenvalue weighted by Crippen LogP contribution is -3.00. The van der Waals surface area contributed by atoms with Crippen molar-refractivity contribution in [1.29, 1.82) is 0 Å². The summed E-state index contributed by atoms with van der Waals surface area (Å²) in [5.74, 6) is -4.02. The molecule has 1 saturated carbocycles. The van der Waals surface area contributed by atoms with Crippen LogP contribution in [-0.2, 0) is 60.2 Å². The summed E-state index contributed by atoms with van der Waals surface area (Å²) in [4.78, 5) is 94.8. The average Bonchev–Trinajstić information content (AvgIpc) is 3.82. The van der Waals surface area contributed by atoms with Gasteiger partial charge in [0, 0.05) is 90.2 Å². The number of amides is 2. The first-order valence-electron chi connectivity index (χ1n) is 27.7. The molecule has 10 rings (SSSR count). The minimum Gasteiger partial charge on any atom is -1.00 e. The molecular formula is C59H77BrN6O12. The number of carbonyl (C=O) groups is 6. The molecule has 12 atom stereocenters. The van der Waals surface area contributed by atoms with Crippen LogP contribution in [0.1, 0.15) is 102 Å². The molecule has 3 aromatic rings. The number of ether oxygens (including phenoxy) is 4. The Bertz CT molecular complexity index is 2980. The number of esters is 3. The number of carbonyl (C=O) groups excluding carboxylic acids is 5. The van der Waals surface area contributed by atoms with Crippen molar-refractivity contribution < 1.29 is 79.4 Å². The van der Waals surface area contributed by atoms with Crippen molar-refractivity contribution in [2.45, 2.75) is 133 Å². The lowest BCUT2D eigenvalue weighted by Gasteiger charge is -2.63. The molecule has 7 aliphatic rings. The van der Waals surface area contributed by atoms with Gasteiger partial charge in [-0.25, -0.2) is 9.59 Å². The second kappa shape index (κ2) is 21.0. The predicted octanol–water partition coefficient (Wildman–Crippen LogP) is 1.92. The normalized spacial score (nSPS) is 32.3. The Morgan fingerprint density at radius 1 is 0.987 bits per heavy atom. The van der Waals surface area contributed by atoms with Gasteiger partial charge in [0.1, 0.15) is 29.8 Å². The molecule has 18 nitrogen and oxygen atoms in total. The maximum atomic E-state index is 15.9. The summed E-state index contributed by atoms with van der Waals surface area (Å²) in [5, 5.41) is 27.3. The van der Waals surface area contributed by atoms with Crippen molar-refractivity contribution in [3.8, 4) is 5.75 Å². The number of aliphatic hydroxyl groups is 1. The van der Waals surface area contributed by atoms with Gasteiger partial charge in [0.2, 0.25) is 11.5 Å². The summed E-state index contributed by atoms with van der Waals surface area (Å²) >= 11 is 0. The Balaban J connectivity index is 0.00000740. The van der Waals surface area contributed by atoms with Crippen LogP contribution in [0, 0.1) is 17.3 Å². The van der Waals surface area contributed by atoms with E-state index in [0.717, 1.165) is 27.6 Å². The minimum atomic E-state index is -2.37. The van der Waals surface area contributed by atoms with Crippen LogP contribution in [-0.4, -0.2) is 175 Å². The zero-order valence-corrected chi connectivity index (χ0v) is 48.1. The van der Waals surface area contributed by atoms with Crippen LogP contribution in [0.3, 0.4) is 0 Å². The van der Waals surface area contributed by atoms with Crippen LogP contribution in [0.5, 0.6) is 5.75 Å². The number of methoxy groups -OCH3 is 3. The number of carboxylic acids is 1. The van der Waals surface area contributed by atoms with Gasteiger partial charge < -0.3 is 70.7 Å². The Kier molecular flexibility index (Phi) is 15.4. The maximum absolute atomic E-state index is 15.9.